The molecule has 1 rings (SSSR count). The van der Waals surface area contributed by atoms with Crippen molar-refractivity contribution in [1.29, 1.82) is 0 Å². The monoisotopic (exact) mass is 242 g/mol. The molecule has 0 bridgehead atoms. The summed E-state index contributed by atoms with van der Waals surface area (Å²) in [5.41, 5.74) is -0.766. The van der Waals surface area contributed by atoms with Crippen molar-refractivity contribution < 1.29 is 14.7 Å². The van der Waals surface area contributed by atoms with Gasteiger partial charge in [-0.15, -0.1) is 0 Å². The number of rotatable bonds is 3. The summed E-state index contributed by atoms with van der Waals surface area (Å²) in [4.78, 5) is 24.3. The Labute approximate surface area is 102 Å². The highest BCUT2D eigenvalue weighted by molar-refractivity contribution is 5.78. The van der Waals surface area contributed by atoms with Crippen LogP contribution in [0.2, 0.25) is 0 Å². The van der Waals surface area contributed by atoms with E-state index in [9.17, 15) is 14.7 Å². The van der Waals surface area contributed by atoms with Crippen LogP contribution in [0.3, 0.4) is 0 Å². The number of hydrogen-bond acceptors (Lipinski definition) is 2. The Morgan fingerprint density at radius 1 is 1.35 bits per heavy atom. The summed E-state index contributed by atoms with van der Waals surface area (Å²) in [6.07, 6.45) is 3.14. The minimum Gasteiger partial charge on any atom is -0.481 e. The van der Waals surface area contributed by atoms with E-state index in [4.69, 9.17) is 0 Å². The van der Waals surface area contributed by atoms with Crippen LogP contribution in [0.15, 0.2) is 0 Å². The van der Waals surface area contributed by atoms with Crippen molar-refractivity contribution in [3.05, 3.63) is 0 Å². The standard InChI is InChI=1S/C12H22N2O3/c1-9-4-6-12(7-5-9,10(15)16)8-13-11(17)14(2)3/h9H,4-8H2,1-3H3,(H,13,17)(H,15,16). The first-order chi connectivity index (χ1) is 7.87. The molecular weight excluding hydrogens is 220 g/mol. The topological polar surface area (TPSA) is 69.6 Å². The van der Waals surface area contributed by atoms with Crippen molar-refractivity contribution in [2.75, 3.05) is 20.6 Å². The van der Waals surface area contributed by atoms with Crippen molar-refractivity contribution in [3.8, 4) is 0 Å². The summed E-state index contributed by atoms with van der Waals surface area (Å²) in [6, 6.07) is -0.232. The lowest BCUT2D eigenvalue weighted by Gasteiger charge is -2.36. The third-order valence-electron chi connectivity index (χ3n) is 3.67. The number of carbonyl (C=O) groups is 2. The van der Waals surface area contributed by atoms with Gasteiger partial charge in [-0.2, -0.15) is 0 Å². The minimum atomic E-state index is -0.788. The second-order valence-electron chi connectivity index (χ2n) is 5.32. The lowest BCUT2D eigenvalue weighted by atomic mass is 9.71. The van der Waals surface area contributed by atoms with E-state index in [1.165, 1.54) is 4.90 Å². The van der Waals surface area contributed by atoms with Crippen molar-refractivity contribution in [3.63, 3.8) is 0 Å². The molecule has 0 aromatic heterocycles. The molecule has 1 aliphatic rings. The number of nitrogens with zero attached hydrogens (tertiary/aromatic N) is 1. The number of urea groups is 1. The van der Waals surface area contributed by atoms with E-state index in [2.05, 4.69) is 12.2 Å². The molecule has 5 heteroatoms. The lowest BCUT2D eigenvalue weighted by Crippen LogP contribution is -2.47. The van der Waals surface area contributed by atoms with E-state index in [0.29, 0.717) is 18.8 Å². The van der Waals surface area contributed by atoms with E-state index in [1.807, 2.05) is 0 Å². The van der Waals surface area contributed by atoms with Gasteiger partial charge in [-0.05, 0) is 31.6 Å². The molecule has 0 aromatic rings. The van der Waals surface area contributed by atoms with E-state index in [-0.39, 0.29) is 12.6 Å². The van der Waals surface area contributed by atoms with E-state index >= 15 is 0 Å². The van der Waals surface area contributed by atoms with Gasteiger partial charge in [-0.1, -0.05) is 6.92 Å². The Bertz CT molecular complexity index is 294. The highest BCUT2D eigenvalue weighted by atomic mass is 16.4. The van der Waals surface area contributed by atoms with Gasteiger partial charge in [0.1, 0.15) is 0 Å². The molecule has 98 valence electrons. The van der Waals surface area contributed by atoms with Crippen LogP contribution >= 0.6 is 0 Å². The van der Waals surface area contributed by atoms with Gasteiger partial charge in [0, 0.05) is 20.6 Å². The van der Waals surface area contributed by atoms with E-state index in [0.717, 1.165) is 12.8 Å². The zero-order valence-corrected chi connectivity index (χ0v) is 10.8. The van der Waals surface area contributed by atoms with Gasteiger partial charge in [0.05, 0.1) is 5.41 Å². The summed E-state index contributed by atoms with van der Waals surface area (Å²) in [5.74, 6) is -0.199. The molecule has 5 nitrogen and oxygen atoms in total. The summed E-state index contributed by atoms with van der Waals surface area (Å²) in [6.45, 7) is 2.37. The molecule has 0 radical (unpaired) electrons. The molecule has 1 saturated carbocycles. The zero-order valence-electron chi connectivity index (χ0n) is 10.8. The van der Waals surface area contributed by atoms with Crippen molar-refractivity contribution in [1.82, 2.24) is 10.2 Å². The predicted molar refractivity (Wildman–Crippen MR) is 64.8 cm³/mol. The molecule has 17 heavy (non-hydrogen) atoms. The molecular formula is C12H22N2O3. The van der Waals surface area contributed by atoms with Gasteiger partial charge in [-0.25, -0.2) is 4.79 Å². The van der Waals surface area contributed by atoms with Crippen LogP contribution in [-0.4, -0.2) is 42.6 Å². The first kappa shape index (κ1) is 13.8. The lowest BCUT2D eigenvalue weighted by molar-refractivity contribution is -0.151. The Hall–Kier alpha value is -1.26. The molecule has 1 fully saturated rings. The first-order valence-corrected chi connectivity index (χ1v) is 6.06. The number of amides is 2. The molecule has 0 atom stereocenters. The molecule has 0 saturated heterocycles. The number of aliphatic carboxylic acids is 1. The molecule has 2 N–H and O–H groups in total. The molecule has 0 aliphatic heterocycles. The maximum absolute atomic E-state index is 11.4. The number of carbonyl (C=O) groups excluding carboxylic acids is 1. The average Bonchev–Trinajstić information content (AvgIpc) is 2.27. The van der Waals surface area contributed by atoms with Gasteiger partial charge in [0.25, 0.3) is 0 Å². The van der Waals surface area contributed by atoms with Crippen molar-refractivity contribution in [2.24, 2.45) is 11.3 Å². The summed E-state index contributed by atoms with van der Waals surface area (Å²) >= 11 is 0. The summed E-state index contributed by atoms with van der Waals surface area (Å²) in [7, 11) is 3.29. The zero-order chi connectivity index (χ0) is 13.1. The van der Waals surface area contributed by atoms with Crippen LogP contribution in [0.5, 0.6) is 0 Å². The maximum Gasteiger partial charge on any atom is 0.316 e. The van der Waals surface area contributed by atoms with Crippen LogP contribution in [0.4, 0.5) is 4.79 Å². The predicted octanol–water partition coefficient (Wildman–Crippen LogP) is 1.54. The fraction of sp³-hybridized carbons (Fsp3) is 0.833. The quantitative estimate of drug-likeness (QED) is 0.788. The average molecular weight is 242 g/mol. The van der Waals surface area contributed by atoms with Gasteiger partial charge in [0.15, 0.2) is 0 Å². The highest BCUT2D eigenvalue weighted by Crippen LogP contribution is 2.38. The van der Waals surface area contributed by atoms with E-state index in [1.54, 1.807) is 14.1 Å². The van der Waals surface area contributed by atoms with Gasteiger partial charge >= 0.3 is 12.0 Å². The number of carboxylic acid groups (broad SMARTS) is 1. The fourth-order valence-corrected chi connectivity index (χ4v) is 2.18. The fourth-order valence-electron chi connectivity index (χ4n) is 2.18. The summed E-state index contributed by atoms with van der Waals surface area (Å²) in [5, 5.41) is 12.1. The molecule has 2 amide bonds. The van der Waals surface area contributed by atoms with Crippen LogP contribution in [0, 0.1) is 11.3 Å². The first-order valence-electron chi connectivity index (χ1n) is 6.06. The molecule has 0 heterocycles. The Balaban J connectivity index is 2.61. The van der Waals surface area contributed by atoms with Crippen LogP contribution in [0.25, 0.3) is 0 Å². The van der Waals surface area contributed by atoms with Crippen LogP contribution in [0.1, 0.15) is 32.6 Å². The highest BCUT2D eigenvalue weighted by Gasteiger charge is 2.41. The Morgan fingerprint density at radius 3 is 2.29 bits per heavy atom. The van der Waals surface area contributed by atoms with Crippen LogP contribution < -0.4 is 5.32 Å². The Kier molecular flexibility index (Phi) is 4.37. The SMILES string of the molecule is CC1CCC(CNC(=O)N(C)C)(C(=O)O)CC1. The van der Waals surface area contributed by atoms with Crippen molar-refractivity contribution in [2.45, 2.75) is 32.6 Å². The van der Waals surface area contributed by atoms with Gasteiger partial charge in [-0.3, -0.25) is 4.79 Å². The minimum absolute atomic E-state index is 0.228. The number of hydrogen-bond donors (Lipinski definition) is 2. The second kappa shape index (κ2) is 5.38. The normalized spacial score (nSPS) is 28.5. The number of carboxylic acids is 1. The van der Waals surface area contributed by atoms with E-state index < -0.39 is 11.4 Å². The third-order valence-corrected chi connectivity index (χ3v) is 3.67. The third kappa shape index (κ3) is 3.35. The smallest absolute Gasteiger partial charge is 0.316 e. The second-order valence-corrected chi connectivity index (χ2v) is 5.32. The van der Waals surface area contributed by atoms with Crippen molar-refractivity contribution >= 4 is 12.0 Å². The van der Waals surface area contributed by atoms with Crippen LogP contribution in [-0.2, 0) is 4.79 Å². The Morgan fingerprint density at radius 2 is 1.88 bits per heavy atom. The van der Waals surface area contributed by atoms with Gasteiger partial charge < -0.3 is 15.3 Å². The number of nitrogens with one attached hydrogen (secondary N) is 1. The maximum atomic E-state index is 11.4. The molecule has 0 aromatic carbocycles. The molecule has 0 unspecified atom stereocenters. The van der Waals surface area contributed by atoms with Gasteiger partial charge in [0.2, 0.25) is 0 Å². The molecule has 1 aliphatic carbocycles. The molecule has 0 spiro atoms. The summed E-state index contributed by atoms with van der Waals surface area (Å²) < 4.78 is 0. The largest absolute Gasteiger partial charge is 0.481 e.